The highest BCUT2D eigenvalue weighted by atomic mass is 19.1. The van der Waals surface area contributed by atoms with Gasteiger partial charge >= 0.3 is 6.09 Å². The SMILES string of the molecule is CN1Cc2c(F)cc(-c3ccc(O[C@@H]4CCN(C(=O)OC(C)(C)C)C4)cc3)cc2C1=O. The summed E-state index contributed by atoms with van der Waals surface area (Å²) in [6.45, 7) is 6.90. The molecule has 0 saturated carbocycles. The quantitative estimate of drug-likeness (QED) is 0.727. The van der Waals surface area contributed by atoms with Crippen molar-refractivity contribution in [3.05, 3.63) is 53.3 Å². The number of halogens is 1. The van der Waals surface area contributed by atoms with Crippen molar-refractivity contribution in [1.82, 2.24) is 9.80 Å². The van der Waals surface area contributed by atoms with Crippen LogP contribution in [-0.2, 0) is 11.3 Å². The van der Waals surface area contributed by atoms with Gasteiger partial charge in [0.2, 0.25) is 0 Å². The first-order chi connectivity index (χ1) is 14.6. The van der Waals surface area contributed by atoms with Crippen molar-refractivity contribution < 1.29 is 23.5 Å². The zero-order valence-electron chi connectivity index (χ0n) is 18.3. The second-order valence-corrected chi connectivity index (χ2v) is 9.12. The summed E-state index contributed by atoms with van der Waals surface area (Å²) in [4.78, 5) is 27.6. The second-order valence-electron chi connectivity index (χ2n) is 9.12. The zero-order chi connectivity index (χ0) is 22.3. The van der Waals surface area contributed by atoms with Crippen LogP contribution < -0.4 is 4.74 Å². The molecule has 0 N–H and O–H groups in total. The number of nitrogens with zero attached hydrogens (tertiary/aromatic N) is 2. The highest BCUT2D eigenvalue weighted by Gasteiger charge is 2.31. The van der Waals surface area contributed by atoms with E-state index in [0.29, 0.717) is 42.1 Å². The fourth-order valence-corrected chi connectivity index (χ4v) is 3.90. The summed E-state index contributed by atoms with van der Waals surface area (Å²) in [7, 11) is 1.67. The molecule has 1 fully saturated rings. The lowest BCUT2D eigenvalue weighted by atomic mass is 9.99. The molecule has 0 aliphatic carbocycles. The smallest absolute Gasteiger partial charge is 0.410 e. The highest BCUT2D eigenvalue weighted by molar-refractivity contribution is 5.99. The average Bonchev–Trinajstić information content (AvgIpc) is 3.27. The molecule has 2 aliphatic heterocycles. The van der Waals surface area contributed by atoms with E-state index in [-0.39, 0.29) is 23.9 Å². The minimum atomic E-state index is -0.525. The molecule has 0 aromatic heterocycles. The topological polar surface area (TPSA) is 59.1 Å². The predicted octanol–water partition coefficient (Wildman–Crippen LogP) is 4.47. The number of carbonyl (C=O) groups is 2. The lowest BCUT2D eigenvalue weighted by Crippen LogP contribution is -2.36. The number of amides is 2. The number of hydrogen-bond acceptors (Lipinski definition) is 4. The maximum absolute atomic E-state index is 14.5. The van der Waals surface area contributed by atoms with Crippen LogP contribution >= 0.6 is 0 Å². The third kappa shape index (κ3) is 4.50. The van der Waals surface area contributed by atoms with Crippen LogP contribution in [0.5, 0.6) is 5.75 Å². The van der Waals surface area contributed by atoms with Crippen molar-refractivity contribution in [2.75, 3.05) is 20.1 Å². The molecule has 2 heterocycles. The van der Waals surface area contributed by atoms with E-state index in [2.05, 4.69) is 0 Å². The van der Waals surface area contributed by atoms with Crippen molar-refractivity contribution in [3.63, 3.8) is 0 Å². The molecular formula is C24H27FN2O4. The standard InChI is InChI=1S/C24H27FN2O4/c1-24(2,3)31-23(29)27-10-9-18(13-27)30-17-7-5-15(6-8-17)16-11-19-20(21(25)12-16)14-26(4)22(19)28/h5-8,11-12,18H,9-10,13-14H2,1-4H3/t18-/m1/s1. The molecule has 1 saturated heterocycles. The van der Waals surface area contributed by atoms with E-state index in [1.807, 2.05) is 45.0 Å². The van der Waals surface area contributed by atoms with Crippen LogP contribution in [0.25, 0.3) is 11.1 Å². The molecular weight excluding hydrogens is 399 g/mol. The molecule has 164 valence electrons. The van der Waals surface area contributed by atoms with Gasteiger partial charge in [0.15, 0.2) is 0 Å². The van der Waals surface area contributed by atoms with Gasteiger partial charge < -0.3 is 19.3 Å². The molecule has 1 atom stereocenters. The monoisotopic (exact) mass is 426 g/mol. The highest BCUT2D eigenvalue weighted by Crippen LogP contribution is 2.31. The fraction of sp³-hybridized carbons (Fsp3) is 0.417. The Labute approximate surface area is 181 Å². The molecule has 2 amide bonds. The molecule has 4 rings (SSSR count). The predicted molar refractivity (Wildman–Crippen MR) is 114 cm³/mol. The van der Waals surface area contributed by atoms with Crippen LogP contribution in [0.1, 0.15) is 43.1 Å². The van der Waals surface area contributed by atoms with Gasteiger partial charge in [-0.15, -0.1) is 0 Å². The van der Waals surface area contributed by atoms with Crippen molar-refractivity contribution in [1.29, 1.82) is 0 Å². The van der Waals surface area contributed by atoms with Gasteiger partial charge in [-0.1, -0.05) is 12.1 Å². The van der Waals surface area contributed by atoms with E-state index >= 15 is 0 Å². The average molecular weight is 426 g/mol. The Bertz CT molecular complexity index is 1010. The van der Waals surface area contributed by atoms with Crippen molar-refractivity contribution in [2.24, 2.45) is 0 Å². The molecule has 6 nitrogen and oxygen atoms in total. The largest absolute Gasteiger partial charge is 0.489 e. The molecule has 0 bridgehead atoms. The second kappa shape index (κ2) is 7.87. The molecule has 2 aliphatic rings. The van der Waals surface area contributed by atoms with Gasteiger partial charge in [0.05, 0.1) is 6.54 Å². The maximum atomic E-state index is 14.5. The normalized spacial score (nSPS) is 18.4. The van der Waals surface area contributed by atoms with Crippen LogP contribution in [0.3, 0.4) is 0 Å². The Morgan fingerprint density at radius 2 is 1.84 bits per heavy atom. The number of fused-ring (bicyclic) bond motifs is 1. The molecule has 0 spiro atoms. The van der Waals surface area contributed by atoms with E-state index in [4.69, 9.17) is 9.47 Å². The molecule has 0 unspecified atom stereocenters. The van der Waals surface area contributed by atoms with Gasteiger partial charge in [0, 0.05) is 37.7 Å². The van der Waals surface area contributed by atoms with Crippen molar-refractivity contribution in [2.45, 2.75) is 45.4 Å². The summed E-state index contributed by atoms with van der Waals surface area (Å²) in [6.07, 6.45) is 0.295. The van der Waals surface area contributed by atoms with Gasteiger partial charge in [0.25, 0.3) is 5.91 Å². The summed E-state index contributed by atoms with van der Waals surface area (Å²) in [6, 6.07) is 10.6. The first kappa shape index (κ1) is 21.2. The summed E-state index contributed by atoms with van der Waals surface area (Å²) < 4.78 is 25.9. The Balaban J connectivity index is 1.42. The Kier molecular flexibility index (Phi) is 5.37. The number of rotatable bonds is 3. The van der Waals surface area contributed by atoms with Crippen molar-refractivity contribution in [3.8, 4) is 16.9 Å². The Morgan fingerprint density at radius 1 is 1.13 bits per heavy atom. The fourth-order valence-electron chi connectivity index (χ4n) is 3.90. The van der Waals surface area contributed by atoms with Crippen LogP contribution in [0.15, 0.2) is 36.4 Å². The van der Waals surface area contributed by atoms with E-state index in [1.54, 1.807) is 18.0 Å². The van der Waals surface area contributed by atoms with E-state index in [0.717, 1.165) is 12.0 Å². The minimum absolute atomic E-state index is 0.107. The minimum Gasteiger partial charge on any atom is -0.489 e. The number of likely N-dealkylation sites (tertiary alicyclic amines) is 1. The third-order valence-corrected chi connectivity index (χ3v) is 5.45. The first-order valence-corrected chi connectivity index (χ1v) is 10.4. The van der Waals surface area contributed by atoms with Gasteiger partial charge in [0.1, 0.15) is 23.3 Å². The Hall–Kier alpha value is -3.09. The van der Waals surface area contributed by atoms with E-state index < -0.39 is 5.60 Å². The van der Waals surface area contributed by atoms with Crippen molar-refractivity contribution >= 4 is 12.0 Å². The molecule has 2 aromatic carbocycles. The van der Waals surface area contributed by atoms with Gasteiger partial charge in [-0.3, -0.25) is 4.79 Å². The first-order valence-electron chi connectivity index (χ1n) is 10.4. The molecule has 7 heteroatoms. The number of hydrogen-bond donors (Lipinski definition) is 0. The Morgan fingerprint density at radius 3 is 2.52 bits per heavy atom. The summed E-state index contributed by atoms with van der Waals surface area (Å²) in [5.41, 5.74) is 1.81. The third-order valence-electron chi connectivity index (χ3n) is 5.45. The number of carbonyl (C=O) groups excluding carboxylic acids is 2. The lowest BCUT2D eigenvalue weighted by molar-refractivity contribution is 0.0275. The van der Waals surface area contributed by atoms with Crippen LogP contribution in [0.4, 0.5) is 9.18 Å². The number of ether oxygens (including phenoxy) is 2. The summed E-state index contributed by atoms with van der Waals surface area (Å²) in [5, 5.41) is 0. The van der Waals surface area contributed by atoms with Gasteiger partial charge in [-0.25, -0.2) is 9.18 Å². The maximum Gasteiger partial charge on any atom is 0.410 e. The summed E-state index contributed by atoms with van der Waals surface area (Å²) >= 11 is 0. The van der Waals surface area contributed by atoms with E-state index in [9.17, 15) is 14.0 Å². The molecule has 2 aromatic rings. The number of benzene rings is 2. The van der Waals surface area contributed by atoms with Gasteiger partial charge in [-0.05, 0) is 56.2 Å². The molecule has 0 radical (unpaired) electrons. The van der Waals surface area contributed by atoms with Crippen LogP contribution in [-0.4, -0.2) is 53.6 Å². The van der Waals surface area contributed by atoms with Crippen LogP contribution in [0.2, 0.25) is 0 Å². The van der Waals surface area contributed by atoms with Gasteiger partial charge in [-0.2, -0.15) is 0 Å². The van der Waals surface area contributed by atoms with Crippen LogP contribution in [0, 0.1) is 5.82 Å². The summed E-state index contributed by atoms with van der Waals surface area (Å²) in [5.74, 6) is 0.155. The zero-order valence-corrected chi connectivity index (χ0v) is 18.3. The lowest BCUT2D eigenvalue weighted by Gasteiger charge is -2.24. The molecule has 31 heavy (non-hydrogen) atoms. The van der Waals surface area contributed by atoms with E-state index in [1.165, 1.54) is 11.0 Å².